The monoisotopic (exact) mass is 554 g/mol. The molecule has 40 heavy (non-hydrogen) atoms. The zero-order chi connectivity index (χ0) is 27.9. The summed E-state index contributed by atoms with van der Waals surface area (Å²) >= 11 is 1.69. The van der Waals surface area contributed by atoms with E-state index in [0.717, 1.165) is 44.2 Å². The van der Waals surface area contributed by atoms with Crippen LogP contribution in [0.25, 0.3) is 11.1 Å². The molecule has 4 atom stereocenters. The van der Waals surface area contributed by atoms with Crippen molar-refractivity contribution in [3.63, 3.8) is 0 Å². The molecule has 1 aliphatic rings. The fourth-order valence-corrected chi connectivity index (χ4v) is 5.86. The minimum Gasteiger partial charge on any atom is -0.392 e. The van der Waals surface area contributed by atoms with Crippen LogP contribution in [0.5, 0.6) is 0 Å². The Morgan fingerprint density at radius 1 is 0.900 bits per heavy atom. The second-order valence-electron chi connectivity index (χ2n) is 10.0. The molecule has 6 nitrogen and oxygen atoms in total. The van der Waals surface area contributed by atoms with Gasteiger partial charge in [-0.25, -0.2) is 4.98 Å². The molecule has 1 aliphatic heterocycles. The molecule has 4 aromatic rings. The fraction of sp³-hybridized carbons (Fsp3) is 0.273. The first kappa shape index (κ1) is 28.1. The fourth-order valence-electron chi connectivity index (χ4n) is 4.83. The Bertz CT molecular complexity index is 1400. The van der Waals surface area contributed by atoms with Gasteiger partial charge in [0.05, 0.1) is 23.8 Å². The number of aliphatic hydroxyl groups excluding tert-OH is 1. The number of rotatable bonds is 9. The summed E-state index contributed by atoms with van der Waals surface area (Å²) in [5.41, 5.74) is 6.11. The molecular formula is C33H34N2O4S. The molecule has 3 aromatic carbocycles. The topological polar surface area (TPSA) is 80.7 Å². The molecule has 1 aromatic heterocycles. The van der Waals surface area contributed by atoms with E-state index in [0.29, 0.717) is 6.54 Å². The van der Waals surface area contributed by atoms with Crippen LogP contribution in [0.1, 0.15) is 48.5 Å². The van der Waals surface area contributed by atoms with Gasteiger partial charge in [-0.3, -0.25) is 4.79 Å². The van der Waals surface area contributed by atoms with Crippen LogP contribution in [-0.4, -0.2) is 27.9 Å². The average Bonchev–Trinajstić information content (AvgIpc) is 3.00. The number of aliphatic hydroxyl groups is 1. The minimum absolute atomic E-state index is 0.0128. The van der Waals surface area contributed by atoms with Crippen LogP contribution in [0.2, 0.25) is 0 Å². The van der Waals surface area contributed by atoms with Crippen LogP contribution in [-0.2, 0) is 27.4 Å². The molecule has 1 saturated heterocycles. The number of hydrogen-bond donors (Lipinski definition) is 2. The molecule has 1 amide bonds. The summed E-state index contributed by atoms with van der Waals surface area (Å²) in [7, 11) is 0. The van der Waals surface area contributed by atoms with Crippen molar-refractivity contribution in [2.45, 2.75) is 50.5 Å². The summed E-state index contributed by atoms with van der Waals surface area (Å²) in [5.74, 6) is 0.816. The van der Waals surface area contributed by atoms with E-state index in [-0.39, 0.29) is 30.6 Å². The van der Waals surface area contributed by atoms with Gasteiger partial charge in [-0.05, 0) is 46.0 Å². The van der Waals surface area contributed by atoms with Crippen LogP contribution < -0.4 is 5.32 Å². The number of benzene rings is 3. The van der Waals surface area contributed by atoms with Crippen molar-refractivity contribution in [3.8, 4) is 11.1 Å². The number of thioether (sulfide) groups is 1. The summed E-state index contributed by atoms with van der Waals surface area (Å²) in [6.45, 7) is 4.21. The maximum Gasteiger partial charge on any atom is 0.217 e. The third-order valence-electron chi connectivity index (χ3n) is 7.14. The molecule has 0 bridgehead atoms. The zero-order valence-electron chi connectivity index (χ0n) is 22.7. The quantitative estimate of drug-likeness (QED) is 0.231. The summed E-state index contributed by atoms with van der Waals surface area (Å²) in [4.78, 5) is 15.8. The molecule has 1 fully saturated rings. The van der Waals surface area contributed by atoms with E-state index in [9.17, 15) is 9.90 Å². The number of pyridine rings is 1. The van der Waals surface area contributed by atoms with E-state index >= 15 is 0 Å². The molecule has 7 heteroatoms. The Hall–Kier alpha value is -3.49. The van der Waals surface area contributed by atoms with Crippen LogP contribution in [0.3, 0.4) is 0 Å². The average molecular weight is 555 g/mol. The number of ether oxygens (including phenoxy) is 2. The van der Waals surface area contributed by atoms with Gasteiger partial charge in [-0.1, -0.05) is 79.7 Å². The Morgan fingerprint density at radius 3 is 2.38 bits per heavy atom. The molecule has 0 saturated carbocycles. The van der Waals surface area contributed by atoms with E-state index in [1.807, 2.05) is 60.8 Å². The summed E-state index contributed by atoms with van der Waals surface area (Å²) < 4.78 is 13.2. The van der Waals surface area contributed by atoms with Gasteiger partial charge in [0, 0.05) is 36.9 Å². The molecule has 0 radical (unpaired) electrons. The summed E-state index contributed by atoms with van der Waals surface area (Å²) in [6, 6.07) is 30.4. The molecule has 0 spiro atoms. The van der Waals surface area contributed by atoms with Crippen LogP contribution in [0.15, 0.2) is 102 Å². The molecular weight excluding hydrogens is 520 g/mol. The number of carbonyl (C=O) groups excluding carboxylic acids is 1. The van der Waals surface area contributed by atoms with Gasteiger partial charge >= 0.3 is 0 Å². The largest absolute Gasteiger partial charge is 0.392 e. The number of nitrogens with one attached hydrogen (secondary N) is 1. The number of carbonyl (C=O) groups is 1. The number of amides is 1. The van der Waals surface area contributed by atoms with E-state index in [1.165, 1.54) is 6.92 Å². The van der Waals surface area contributed by atoms with E-state index in [4.69, 9.17) is 9.47 Å². The van der Waals surface area contributed by atoms with E-state index in [2.05, 4.69) is 53.6 Å². The molecule has 206 valence electrons. The maximum atomic E-state index is 11.3. The third kappa shape index (κ3) is 6.98. The van der Waals surface area contributed by atoms with Gasteiger partial charge in [-0.2, -0.15) is 0 Å². The molecule has 2 N–H and O–H groups in total. The molecule has 2 heterocycles. The van der Waals surface area contributed by atoms with Gasteiger partial charge in [0.1, 0.15) is 0 Å². The maximum absolute atomic E-state index is 11.3. The highest BCUT2D eigenvalue weighted by atomic mass is 32.2. The SMILES string of the molecule is CC(=O)NCc1cccc(-c2ccc(C3OC(CSc4ccccn4)C(C)C(c4ccc(CO)cc4)O3)cc2)c1. The second-order valence-corrected chi connectivity index (χ2v) is 11.1. The Kier molecular flexibility index (Phi) is 9.29. The van der Waals surface area contributed by atoms with Crippen molar-refractivity contribution in [1.29, 1.82) is 0 Å². The van der Waals surface area contributed by atoms with Crippen LogP contribution in [0, 0.1) is 5.92 Å². The first-order valence-corrected chi connectivity index (χ1v) is 14.5. The van der Waals surface area contributed by atoms with Crippen molar-refractivity contribution >= 4 is 17.7 Å². The Labute approximate surface area is 239 Å². The first-order chi connectivity index (χ1) is 19.5. The molecule has 4 unspecified atom stereocenters. The van der Waals surface area contributed by atoms with Crippen molar-refractivity contribution in [3.05, 3.63) is 119 Å². The number of aromatic nitrogens is 1. The molecule has 5 rings (SSSR count). The minimum atomic E-state index is -0.520. The highest BCUT2D eigenvalue weighted by Gasteiger charge is 2.38. The Balaban J connectivity index is 1.36. The zero-order valence-corrected chi connectivity index (χ0v) is 23.5. The van der Waals surface area contributed by atoms with Gasteiger partial charge in [0.15, 0.2) is 6.29 Å². The highest BCUT2D eigenvalue weighted by Crippen LogP contribution is 2.43. The highest BCUT2D eigenvalue weighted by molar-refractivity contribution is 7.99. The standard InChI is InChI=1S/C33H34N2O4S/c1-22-30(21-40-31-8-3-4-17-34-31)38-33(39-32(22)27-11-9-24(20-36)10-12-27)28-15-13-26(14-16-28)29-7-5-6-25(18-29)19-35-23(2)37/h3-18,22,30,32-33,36H,19-21H2,1-2H3,(H,35,37). The van der Waals surface area contributed by atoms with Crippen molar-refractivity contribution in [1.82, 2.24) is 10.3 Å². The summed E-state index contributed by atoms with van der Waals surface area (Å²) in [6.07, 6.45) is 1.07. The van der Waals surface area contributed by atoms with E-state index < -0.39 is 6.29 Å². The lowest BCUT2D eigenvalue weighted by atomic mass is 9.91. The normalized spacial score (nSPS) is 20.7. The summed E-state index contributed by atoms with van der Waals surface area (Å²) in [5, 5.41) is 13.3. The number of hydrogen-bond acceptors (Lipinski definition) is 6. The van der Waals surface area contributed by atoms with Crippen molar-refractivity contribution in [2.75, 3.05) is 5.75 Å². The Morgan fingerprint density at radius 2 is 1.68 bits per heavy atom. The lowest BCUT2D eigenvalue weighted by Gasteiger charge is -2.41. The first-order valence-electron chi connectivity index (χ1n) is 13.5. The third-order valence-corrected chi connectivity index (χ3v) is 8.17. The van der Waals surface area contributed by atoms with Gasteiger partial charge < -0.3 is 19.9 Å². The molecule has 0 aliphatic carbocycles. The number of nitrogens with zero attached hydrogens (tertiary/aromatic N) is 1. The van der Waals surface area contributed by atoms with Gasteiger partial charge in [-0.15, -0.1) is 11.8 Å². The van der Waals surface area contributed by atoms with Crippen molar-refractivity contribution in [2.24, 2.45) is 5.92 Å². The van der Waals surface area contributed by atoms with E-state index in [1.54, 1.807) is 11.8 Å². The smallest absolute Gasteiger partial charge is 0.217 e. The van der Waals surface area contributed by atoms with Gasteiger partial charge in [0.25, 0.3) is 0 Å². The predicted octanol–water partition coefficient (Wildman–Crippen LogP) is 6.46. The van der Waals surface area contributed by atoms with Crippen LogP contribution in [0.4, 0.5) is 0 Å². The van der Waals surface area contributed by atoms with Crippen molar-refractivity contribution < 1.29 is 19.4 Å². The van der Waals surface area contributed by atoms with Gasteiger partial charge in [0.2, 0.25) is 5.91 Å². The predicted molar refractivity (Wildman–Crippen MR) is 157 cm³/mol. The lowest BCUT2D eigenvalue weighted by Crippen LogP contribution is -2.38. The van der Waals surface area contributed by atoms with Crippen LogP contribution >= 0.6 is 11.8 Å². The lowest BCUT2D eigenvalue weighted by molar-refractivity contribution is -0.268. The second kappa shape index (κ2) is 13.2.